The van der Waals surface area contributed by atoms with E-state index in [9.17, 15) is 18.0 Å². The summed E-state index contributed by atoms with van der Waals surface area (Å²) >= 11 is 2.21. The van der Waals surface area contributed by atoms with Crippen LogP contribution in [0.4, 0.5) is 10.8 Å². The highest BCUT2D eigenvalue weighted by Crippen LogP contribution is 2.29. The SMILES string of the molecule is COC(=O)CSc1nnc(NC(=O)CN(c2cccc(C)c2C)S(=O)(=O)c2ccc(C)cc2)s1. The minimum Gasteiger partial charge on any atom is -0.468 e. The number of anilines is 2. The largest absolute Gasteiger partial charge is 0.468 e. The number of ether oxygens (including phenoxy) is 1. The van der Waals surface area contributed by atoms with Gasteiger partial charge in [-0.15, -0.1) is 10.2 Å². The minimum absolute atomic E-state index is 0.0638. The number of esters is 1. The third kappa shape index (κ3) is 6.13. The van der Waals surface area contributed by atoms with Gasteiger partial charge in [-0.05, 0) is 50.1 Å². The van der Waals surface area contributed by atoms with Gasteiger partial charge in [-0.1, -0.05) is 52.9 Å². The standard InChI is InChI=1S/C22H24N4O5S3/c1-14-8-10-17(11-9-14)34(29,30)26(18-7-5-6-15(2)16(18)3)12-19(27)23-21-24-25-22(33-21)32-13-20(28)31-4/h5-11H,12-13H2,1-4H3,(H,23,24,27). The molecule has 0 saturated heterocycles. The molecule has 0 aliphatic heterocycles. The first-order valence-corrected chi connectivity index (χ1v) is 13.3. The predicted molar refractivity (Wildman–Crippen MR) is 133 cm³/mol. The van der Waals surface area contributed by atoms with Gasteiger partial charge in [-0.2, -0.15) is 0 Å². The van der Waals surface area contributed by atoms with Gasteiger partial charge in [0.25, 0.3) is 10.0 Å². The lowest BCUT2D eigenvalue weighted by Crippen LogP contribution is -2.38. The van der Waals surface area contributed by atoms with Crippen molar-refractivity contribution in [2.45, 2.75) is 30.0 Å². The zero-order chi connectivity index (χ0) is 24.9. The third-order valence-electron chi connectivity index (χ3n) is 4.93. The van der Waals surface area contributed by atoms with E-state index in [1.54, 1.807) is 24.3 Å². The molecule has 180 valence electrons. The van der Waals surface area contributed by atoms with Crippen molar-refractivity contribution in [3.05, 3.63) is 59.2 Å². The third-order valence-corrected chi connectivity index (χ3v) is 8.65. The second kappa shape index (κ2) is 11.0. The zero-order valence-electron chi connectivity index (χ0n) is 19.1. The molecule has 0 saturated carbocycles. The van der Waals surface area contributed by atoms with Gasteiger partial charge in [0.15, 0.2) is 4.34 Å². The number of aromatic nitrogens is 2. The van der Waals surface area contributed by atoms with Crippen molar-refractivity contribution in [2.75, 3.05) is 29.0 Å². The van der Waals surface area contributed by atoms with Crippen LogP contribution in [0.5, 0.6) is 0 Å². The number of aryl methyl sites for hydroxylation is 2. The molecule has 0 radical (unpaired) electrons. The van der Waals surface area contributed by atoms with Crippen molar-refractivity contribution in [2.24, 2.45) is 0 Å². The minimum atomic E-state index is -4.03. The van der Waals surface area contributed by atoms with Gasteiger partial charge in [-0.25, -0.2) is 8.42 Å². The summed E-state index contributed by atoms with van der Waals surface area (Å²) in [6.45, 7) is 5.11. The molecule has 0 unspecified atom stereocenters. The molecule has 12 heteroatoms. The van der Waals surface area contributed by atoms with Gasteiger partial charge in [0, 0.05) is 0 Å². The predicted octanol–water partition coefficient (Wildman–Crippen LogP) is 3.56. The van der Waals surface area contributed by atoms with E-state index in [-0.39, 0.29) is 15.8 Å². The number of sulfonamides is 1. The second-order valence-corrected chi connectivity index (χ2v) is 11.4. The van der Waals surface area contributed by atoms with Crippen molar-refractivity contribution in [3.8, 4) is 0 Å². The van der Waals surface area contributed by atoms with E-state index in [1.165, 1.54) is 19.2 Å². The lowest BCUT2D eigenvalue weighted by atomic mass is 10.1. The number of carbonyl (C=O) groups excluding carboxylic acids is 2. The molecule has 1 heterocycles. The van der Waals surface area contributed by atoms with Crippen molar-refractivity contribution >= 4 is 55.8 Å². The summed E-state index contributed by atoms with van der Waals surface area (Å²) in [5.74, 6) is -0.914. The molecule has 0 atom stereocenters. The van der Waals surface area contributed by atoms with E-state index in [1.807, 2.05) is 26.8 Å². The summed E-state index contributed by atoms with van der Waals surface area (Å²) in [6, 6.07) is 11.8. The van der Waals surface area contributed by atoms with Crippen LogP contribution in [-0.2, 0) is 24.3 Å². The lowest BCUT2D eigenvalue weighted by Gasteiger charge is -2.26. The highest BCUT2D eigenvalue weighted by molar-refractivity contribution is 8.01. The van der Waals surface area contributed by atoms with Gasteiger partial charge in [0.2, 0.25) is 11.0 Å². The molecule has 1 N–H and O–H groups in total. The maximum Gasteiger partial charge on any atom is 0.316 e. The molecule has 2 aromatic carbocycles. The summed E-state index contributed by atoms with van der Waals surface area (Å²) in [6.07, 6.45) is 0. The number of rotatable bonds is 9. The van der Waals surface area contributed by atoms with Gasteiger partial charge < -0.3 is 4.74 Å². The molecule has 34 heavy (non-hydrogen) atoms. The van der Waals surface area contributed by atoms with Crippen LogP contribution < -0.4 is 9.62 Å². The second-order valence-electron chi connectivity index (χ2n) is 7.33. The Morgan fingerprint density at radius 2 is 1.79 bits per heavy atom. The Hall–Kier alpha value is -2.96. The van der Waals surface area contributed by atoms with Gasteiger partial charge in [-0.3, -0.25) is 19.2 Å². The summed E-state index contributed by atoms with van der Waals surface area (Å²) < 4.78 is 33.3. The Morgan fingerprint density at radius 3 is 2.47 bits per heavy atom. The van der Waals surface area contributed by atoms with Crippen LogP contribution in [0.15, 0.2) is 51.7 Å². The molecule has 0 aliphatic rings. The quantitative estimate of drug-likeness (QED) is 0.258. The van der Waals surface area contributed by atoms with Crippen molar-refractivity contribution in [1.29, 1.82) is 0 Å². The van der Waals surface area contributed by atoms with E-state index in [4.69, 9.17) is 0 Å². The molecule has 9 nitrogen and oxygen atoms in total. The van der Waals surface area contributed by atoms with Crippen LogP contribution >= 0.6 is 23.1 Å². The Labute approximate surface area is 206 Å². The van der Waals surface area contributed by atoms with Crippen LogP contribution in [0, 0.1) is 20.8 Å². The fourth-order valence-corrected chi connectivity index (χ4v) is 6.01. The molecule has 0 bridgehead atoms. The number of thioether (sulfide) groups is 1. The first-order valence-electron chi connectivity index (χ1n) is 10.1. The fourth-order valence-electron chi connectivity index (χ4n) is 2.93. The van der Waals surface area contributed by atoms with Crippen molar-refractivity contribution in [3.63, 3.8) is 0 Å². The molecule has 0 aliphatic carbocycles. The topological polar surface area (TPSA) is 119 Å². The van der Waals surface area contributed by atoms with Gasteiger partial charge >= 0.3 is 5.97 Å². The first-order chi connectivity index (χ1) is 16.1. The van der Waals surface area contributed by atoms with E-state index < -0.39 is 28.4 Å². The maximum absolute atomic E-state index is 13.6. The van der Waals surface area contributed by atoms with Crippen LogP contribution in [0.25, 0.3) is 0 Å². The number of benzene rings is 2. The normalized spacial score (nSPS) is 11.2. The Bertz CT molecular complexity index is 1290. The highest BCUT2D eigenvalue weighted by Gasteiger charge is 2.29. The molecule has 3 rings (SSSR count). The van der Waals surface area contributed by atoms with Crippen LogP contribution in [0.3, 0.4) is 0 Å². The lowest BCUT2D eigenvalue weighted by molar-refractivity contribution is -0.137. The number of amides is 1. The average Bonchev–Trinajstić information content (AvgIpc) is 3.25. The molecule has 0 spiro atoms. The van der Waals surface area contributed by atoms with Crippen molar-refractivity contribution in [1.82, 2.24) is 10.2 Å². The smallest absolute Gasteiger partial charge is 0.316 e. The van der Waals surface area contributed by atoms with E-state index in [0.717, 1.165) is 44.1 Å². The number of nitrogens with one attached hydrogen (secondary N) is 1. The molecular weight excluding hydrogens is 496 g/mol. The Balaban J connectivity index is 1.85. The maximum atomic E-state index is 13.6. The average molecular weight is 521 g/mol. The number of hydrogen-bond acceptors (Lipinski definition) is 9. The Kier molecular flexibility index (Phi) is 8.28. The van der Waals surface area contributed by atoms with Crippen LogP contribution in [-0.4, -0.2) is 49.9 Å². The summed E-state index contributed by atoms with van der Waals surface area (Å²) in [5, 5.41) is 10.6. The highest BCUT2D eigenvalue weighted by atomic mass is 32.2. The number of carbonyl (C=O) groups is 2. The number of methoxy groups -OCH3 is 1. The monoisotopic (exact) mass is 520 g/mol. The molecular formula is C22H24N4O5S3. The summed E-state index contributed by atoms with van der Waals surface area (Å²) in [4.78, 5) is 24.3. The fraction of sp³-hybridized carbons (Fsp3) is 0.273. The van der Waals surface area contributed by atoms with E-state index >= 15 is 0 Å². The molecule has 0 fully saturated rings. The molecule has 1 amide bonds. The van der Waals surface area contributed by atoms with Gasteiger partial charge in [0.05, 0.1) is 23.4 Å². The molecule has 3 aromatic rings. The summed E-state index contributed by atoms with van der Waals surface area (Å²) in [5.41, 5.74) is 3.00. The summed E-state index contributed by atoms with van der Waals surface area (Å²) in [7, 11) is -2.74. The van der Waals surface area contributed by atoms with E-state index in [0.29, 0.717) is 10.0 Å². The zero-order valence-corrected chi connectivity index (χ0v) is 21.5. The molecule has 1 aromatic heterocycles. The van der Waals surface area contributed by atoms with Gasteiger partial charge in [0.1, 0.15) is 6.54 Å². The van der Waals surface area contributed by atoms with Crippen LogP contribution in [0.2, 0.25) is 0 Å². The Morgan fingerprint density at radius 1 is 1.09 bits per heavy atom. The van der Waals surface area contributed by atoms with Crippen LogP contribution in [0.1, 0.15) is 16.7 Å². The van der Waals surface area contributed by atoms with Crippen molar-refractivity contribution < 1.29 is 22.7 Å². The number of nitrogens with zero attached hydrogens (tertiary/aromatic N) is 3. The first kappa shape index (κ1) is 25.7. The van der Waals surface area contributed by atoms with E-state index in [2.05, 4.69) is 20.3 Å². The number of hydrogen-bond donors (Lipinski definition) is 1.